The van der Waals surface area contributed by atoms with E-state index in [1.54, 1.807) is 6.07 Å². The van der Waals surface area contributed by atoms with E-state index in [4.69, 9.17) is 29.0 Å². The number of nitrogens with one attached hydrogen (secondary N) is 1. The lowest BCUT2D eigenvalue weighted by molar-refractivity contribution is -0.134. The van der Waals surface area contributed by atoms with E-state index in [9.17, 15) is 14.4 Å². The molecule has 2 atom stereocenters. The van der Waals surface area contributed by atoms with E-state index in [2.05, 4.69) is 23.7 Å². The average molecular weight is 646 g/mol. The predicted octanol–water partition coefficient (Wildman–Crippen LogP) is 4.73. The third-order valence-electron chi connectivity index (χ3n) is 9.56. The summed E-state index contributed by atoms with van der Waals surface area (Å²) in [5.41, 5.74) is 2.95. The number of aromatic nitrogens is 3. The number of furan rings is 1. The number of benzene rings is 1. The number of Topliss-reactive ketones (excluding diaryl/α,β-unsaturated/α-hetero) is 1. The normalized spacial score (nSPS) is 19.5. The van der Waals surface area contributed by atoms with Gasteiger partial charge in [-0.15, -0.1) is 0 Å². The first-order valence-electron chi connectivity index (χ1n) is 16.3. The number of hydrogen-bond acceptors (Lipinski definition) is 9. The number of H-pyrrole nitrogens is 1. The number of anilines is 1. The second-order valence-electron chi connectivity index (χ2n) is 12.6. The highest BCUT2D eigenvalue weighted by atomic mass is 16.5. The first-order valence-corrected chi connectivity index (χ1v) is 16.3. The van der Waals surface area contributed by atoms with Gasteiger partial charge >= 0.3 is 0 Å². The smallest absolute Gasteiger partial charge is 0.290 e. The van der Waals surface area contributed by atoms with Crippen molar-refractivity contribution in [2.24, 2.45) is 5.92 Å². The largest absolute Gasteiger partial charge is 0.483 e. The molecular weight excluding hydrogens is 602 g/mol. The van der Waals surface area contributed by atoms with Crippen molar-refractivity contribution in [2.75, 3.05) is 44.3 Å². The Morgan fingerprint density at radius 1 is 1.17 bits per heavy atom. The van der Waals surface area contributed by atoms with Gasteiger partial charge < -0.3 is 29.0 Å². The van der Waals surface area contributed by atoms with Gasteiger partial charge in [0.25, 0.3) is 12.0 Å². The van der Waals surface area contributed by atoms with Gasteiger partial charge in [0.15, 0.2) is 17.2 Å². The van der Waals surface area contributed by atoms with Crippen LogP contribution >= 0.6 is 0 Å². The van der Waals surface area contributed by atoms with Crippen molar-refractivity contribution >= 4 is 46.0 Å². The van der Waals surface area contributed by atoms with E-state index in [0.717, 1.165) is 59.6 Å². The lowest BCUT2D eigenvalue weighted by atomic mass is 9.68. The molecule has 2 saturated heterocycles. The van der Waals surface area contributed by atoms with Crippen LogP contribution in [0, 0.1) is 5.92 Å². The van der Waals surface area contributed by atoms with Gasteiger partial charge in [-0.05, 0) is 56.7 Å². The maximum atomic E-state index is 13.0. The average Bonchev–Trinajstić information content (AvgIpc) is 3.73. The van der Waals surface area contributed by atoms with E-state index in [1.807, 2.05) is 29.2 Å². The molecule has 12 nitrogen and oxygen atoms in total. The summed E-state index contributed by atoms with van der Waals surface area (Å²) < 4.78 is 12.1. The van der Waals surface area contributed by atoms with Crippen LogP contribution in [0.2, 0.25) is 0 Å². The van der Waals surface area contributed by atoms with Crippen LogP contribution in [0.1, 0.15) is 74.6 Å². The van der Waals surface area contributed by atoms with E-state index >= 15 is 0 Å². The maximum absolute atomic E-state index is 13.0. The summed E-state index contributed by atoms with van der Waals surface area (Å²) in [5, 5.41) is 7.88. The van der Waals surface area contributed by atoms with Gasteiger partial charge in [0.1, 0.15) is 16.9 Å². The molecule has 2 N–H and O–H groups in total. The Morgan fingerprint density at radius 3 is 2.64 bits per heavy atom. The van der Waals surface area contributed by atoms with Crippen LogP contribution in [0.25, 0.3) is 22.1 Å². The number of amides is 1. The molecule has 0 radical (unpaired) electrons. The Hall–Kier alpha value is -4.58. The zero-order valence-electron chi connectivity index (χ0n) is 27.3. The van der Waals surface area contributed by atoms with Gasteiger partial charge in [-0.25, -0.2) is 9.97 Å². The molecule has 4 aromatic rings. The number of fused-ring (bicyclic) bond motifs is 3. The number of likely N-dealkylation sites (tertiary alicyclic amines) is 1. The fourth-order valence-electron chi connectivity index (χ4n) is 6.60. The number of carbonyl (C=O) groups is 3. The Morgan fingerprint density at radius 2 is 1.91 bits per heavy atom. The molecule has 1 amide bonds. The van der Waals surface area contributed by atoms with Crippen LogP contribution in [0.3, 0.4) is 0 Å². The number of hydrogen-bond donors (Lipinski definition) is 2. The lowest BCUT2D eigenvalue weighted by Gasteiger charge is -2.44. The molecular formula is C35H43N5O7. The van der Waals surface area contributed by atoms with Crippen LogP contribution in [0.4, 0.5) is 5.82 Å². The highest BCUT2D eigenvalue weighted by Gasteiger charge is 2.41. The Balaban J connectivity index is 0.00000139. The highest BCUT2D eigenvalue weighted by molar-refractivity contribution is 6.05. The number of carbonyl (C=O) groups excluding carboxylic acids is 2. The summed E-state index contributed by atoms with van der Waals surface area (Å²) in [6, 6.07) is 9.69. The number of ether oxygens (including phenoxy) is 1. The maximum Gasteiger partial charge on any atom is 0.290 e. The van der Waals surface area contributed by atoms with E-state index in [-0.39, 0.29) is 29.6 Å². The minimum atomic E-state index is -0.415. The molecule has 2 unspecified atom stereocenters. The summed E-state index contributed by atoms with van der Waals surface area (Å²) in [6.45, 7) is 9.41. The van der Waals surface area contributed by atoms with E-state index in [0.29, 0.717) is 63.1 Å². The molecule has 0 saturated carbocycles. The van der Waals surface area contributed by atoms with Crippen molar-refractivity contribution in [3.63, 3.8) is 0 Å². The van der Waals surface area contributed by atoms with Crippen molar-refractivity contribution in [1.29, 1.82) is 0 Å². The lowest BCUT2D eigenvalue weighted by Crippen LogP contribution is -2.51. The van der Waals surface area contributed by atoms with Gasteiger partial charge in [-0.1, -0.05) is 26.0 Å². The number of para-hydroxylation sites is 1. The summed E-state index contributed by atoms with van der Waals surface area (Å²) in [6.07, 6.45) is 6.05. The number of aromatic amines is 1. The summed E-state index contributed by atoms with van der Waals surface area (Å²) in [7, 11) is 0. The van der Waals surface area contributed by atoms with Gasteiger partial charge in [-0.2, -0.15) is 0 Å². The molecule has 1 aromatic carbocycles. The van der Waals surface area contributed by atoms with Crippen molar-refractivity contribution in [1.82, 2.24) is 19.9 Å². The van der Waals surface area contributed by atoms with Crippen LogP contribution in [-0.2, 0) is 26.2 Å². The van der Waals surface area contributed by atoms with E-state index in [1.165, 1.54) is 13.1 Å². The molecule has 5 heterocycles. The predicted molar refractivity (Wildman–Crippen MR) is 178 cm³/mol. The van der Waals surface area contributed by atoms with Gasteiger partial charge in [0.05, 0.1) is 6.61 Å². The quantitative estimate of drug-likeness (QED) is 0.140. The molecule has 2 fully saturated rings. The van der Waals surface area contributed by atoms with Crippen molar-refractivity contribution in [2.45, 2.75) is 64.7 Å². The molecule has 0 aliphatic carbocycles. The van der Waals surface area contributed by atoms with Gasteiger partial charge in [0.2, 0.25) is 5.91 Å². The van der Waals surface area contributed by atoms with E-state index < -0.39 is 5.41 Å². The van der Waals surface area contributed by atoms with Crippen LogP contribution in [-0.4, -0.2) is 82.5 Å². The van der Waals surface area contributed by atoms with Crippen molar-refractivity contribution < 1.29 is 28.6 Å². The van der Waals surface area contributed by atoms with Crippen molar-refractivity contribution in [3.05, 3.63) is 63.8 Å². The highest BCUT2D eigenvalue weighted by Crippen LogP contribution is 2.38. The molecule has 3 aromatic heterocycles. The molecule has 6 rings (SSSR count). The number of piperidine rings is 1. The monoisotopic (exact) mass is 645 g/mol. The minimum absolute atomic E-state index is 0.0647. The first-order chi connectivity index (χ1) is 22.7. The Kier molecular flexibility index (Phi) is 10.7. The van der Waals surface area contributed by atoms with Crippen LogP contribution in [0.15, 0.2) is 45.7 Å². The summed E-state index contributed by atoms with van der Waals surface area (Å²) in [4.78, 5) is 62.6. The van der Waals surface area contributed by atoms with Gasteiger partial charge in [0, 0.05) is 73.8 Å². The molecule has 2 aliphatic heterocycles. The molecule has 47 heavy (non-hydrogen) atoms. The standard InChI is InChI=1S/C34H41N5O5.CH2O2/c1-22-21-39(16-13-34(22,3)26-19-24(23(2)40)20-35-33(26)42)29(41)11-8-17-43-18-12-28-36-30-25-9-4-5-10-27(25)44-31(30)32(37-28)38-14-6-7-15-38;2-1-3/h4-5,9-10,19-20,22H,6-8,11-18,21H2,1-3H3,(H,35,42);1H,(H,2,3). The first kappa shape index (κ1) is 33.8. The molecule has 250 valence electrons. The second kappa shape index (κ2) is 14.9. The van der Waals surface area contributed by atoms with Crippen LogP contribution in [0.5, 0.6) is 0 Å². The zero-order chi connectivity index (χ0) is 33.6. The molecule has 2 aliphatic rings. The SMILES string of the molecule is CC(=O)c1c[nH]c(=O)c(C2(C)CCN(C(=O)CCCOCCc3nc(N4CCCC4)c4oc5ccccc5c4n3)CC2C)c1.O=CO. The number of carboxylic acid groups (broad SMARTS) is 1. The number of ketones is 1. The zero-order valence-corrected chi connectivity index (χ0v) is 27.3. The number of pyridine rings is 1. The fourth-order valence-corrected chi connectivity index (χ4v) is 6.60. The van der Waals surface area contributed by atoms with Gasteiger partial charge in [-0.3, -0.25) is 19.2 Å². The number of rotatable bonds is 10. The fraction of sp³-hybridized carbons (Fsp3) is 0.486. The Bertz CT molecular complexity index is 1790. The molecule has 0 bridgehead atoms. The topological polar surface area (TPSA) is 159 Å². The molecule has 12 heteroatoms. The second-order valence-corrected chi connectivity index (χ2v) is 12.6. The summed E-state index contributed by atoms with van der Waals surface area (Å²) in [5.74, 6) is 1.69. The number of nitrogens with zero attached hydrogens (tertiary/aromatic N) is 4. The third-order valence-corrected chi connectivity index (χ3v) is 9.56. The van der Waals surface area contributed by atoms with Crippen molar-refractivity contribution in [3.8, 4) is 0 Å². The summed E-state index contributed by atoms with van der Waals surface area (Å²) >= 11 is 0. The molecule has 0 spiro atoms. The minimum Gasteiger partial charge on any atom is -0.483 e. The Labute approximate surface area is 273 Å². The third kappa shape index (κ3) is 7.38. The van der Waals surface area contributed by atoms with Crippen LogP contribution < -0.4 is 10.5 Å².